The van der Waals surface area contributed by atoms with Crippen LogP contribution in [0.4, 0.5) is 13.2 Å². The van der Waals surface area contributed by atoms with Gasteiger partial charge in [0.1, 0.15) is 12.1 Å². The van der Waals surface area contributed by atoms with Crippen LogP contribution in [-0.4, -0.2) is 48.8 Å². The summed E-state index contributed by atoms with van der Waals surface area (Å²) in [6.07, 6.45) is -3.07. The molecule has 2 N–H and O–H groups in total. The van der Waals surface area contributed by atoms with Crippen LogP contribution in [0, 0.1) is 11.3 Å². The quantitative estimate of drug-likeness (QED) is 0.840. The van der Waals surface area contributed by atoms with Gasteiger partial charge in [0.25, 0.3) is 0 Å². The van der Waals surface area contributed by atoms with Gasteiger partial charge in [-0.3, -0.25) is 4.79 Å². The van der Waals surface area contributed by atoms with Gasteiger partial charge < -0.3 is 15.4 Å². The first-order valence-corrected chi connectivity index (χ1v) is 6.74. The molecule has 2 rings (SSSR count). The van der Waals surface area contributed by atoms with Gasteiger partial charge in [-0.1, -0.05) is 13.8 Å². The Kier molecular flexibility index (Phi) is 3.57. The molecule has 3 unspecified atom stereocenters. The van der Waals surface area contributed by atoms with Gasteiger partial charge in [-0.15, -0.1) is 0 Å². The number of hydrogen-bond donors (Lipinski definition) is 1. The molecule has 20 heavy (non-hydrogen) atoms. The Balaban J connectivity index is 2.19. The summed E-state index contributed by atoms with van der Waals surface area (Å²) in [7, 11) is 1.15. The molecule has 2 aliphatic rings. The molecule has 1 saturated heterocycles. The molecule has 1 amide bonds. The number of ether oxygens (including phenoxy) is 1. The number of alkyl halides is 3. The highest BCUT2D eigenvalue weighted by Crippen LogP contribution is 2.57. The fraction of sp³-hybridized carbons (Fsp3) is 0.923. The van der Waals surface area contributed by atoms with Crippen LogP contribution < -0.4 is 5.73 Å². The van der Waals surface area contributed by atoms with Crippen LogP contribution in [0.15, 0.2) is 0 Å². The van der Waals surface area contributed by atoms with Crippen molar-refractivity contribution in [2.45, 2.75) is 44.5 Å². The molecular weight excluding hydrogens is 273 g/mol. The second-order valence-corrected chi connectivity index (χ2v) is 6.41. The number of nitrogens with two attached hydrogens (primary N) is 1. The first kappa shape index (κ1) is 15.6. The van der Waals surface area contributed by atoms with Crippen molar-refractivity contribution in [1.29, 1.82) is 0 Å². The van der Waals surface area contributed by atoms with E-state index in [2.05, 4.69) is 0 Å². The first-order chi connectivity index (χ1) is 9.02. The molecule has 0 spiro atoms. The zero-order chi connectivity index (χ0) is 15.3. The number of nitrogens with zero attached hydrogens (tertiary/aromatic N) is 1. The Bertz CT molecular complexity index is 411. The van der Waals surface area contributed by atoms with E-state index in [1.807, 2.05) is 0 Å². The van der Waals surface area contributed by atoms with E-state index in [0.717, 1.165) is 19.9 Å². The molecule has 1 heterocycles. The number of likely N-dealkylation sites (N-methyl/N-ethyl adjacent to an activating group) is 1. The van der Waals surface area contributed by atoms with E-state index in [0.29, 0.717) is 11.5 Å². The van der Waals surface area contributed by atoms with Gasteiger partial charge in [0.2, 0.25) is 5.91 Å². The van der Waals surface area contributed by atoms with Crippen LogP contribution in [0.25, 0.3) is 0 Å². The highest BCUT2D eigenvalue weighted by molar-refractivity contribution is 5.89. The number of carbonyl (C=O) groups excluding carboxylic acids is 1. The zero-order valence-electron chi connectivity index (χ0n) is 12.0. The zero-order valence-corrected chi connectivity index (χ0v) is 12.0. The molecule has 0 aromatic heterocycles. The number of halogens is 3. The minimum absolute atomic E-state index is 0.149. The van der Waals surface area contributed by atoms with E-state index in [1.54, 1.807) is 13.8 Å². The molecule has 0 aromatic rings. The van der Waals surface area contributed by atoms with Crippen LogP contribution in [0.1, 0.15) is 26.7 Å². The Morgan fingerprint density at radius 2 is 2.05 bits per heavy atom. The third-order valence-electron chi connectivity index (χ3n) is 4.80. The lowest BCUT2D eigenvalue weighted by molar-refractivity contribution is -0.232. The van der Waals surface area contributed by atoms with Crippen LogP contribution in [0.3, 0.4) is 0 Å². The van der Waals surface area contributed by atoms with Gasteiger partial charge in [-0.2, -0.15) is 13.2 Å². The van der Waals surface area contributed by atoms with Crippen LogP contribution in [0.5, 0.6) is 0 Å². The lowest BCUT2D eigenvalue weighted by Crippen LogP contribution is -2.82. The lowest BCUT2D eigenvalue weighted by Gasteiger charge is -2.65. The molecule has 116 valence electrons. The SMILES string of the molecule is CN(CC(F)(F)F)C(=O)C1(N)C2CCCOC2C1(C)C. The average Bonchev–Trinajstić information content (AvgIpc) is 2.34. The average molecular weight is 294 g/mol. The van der Waals surface area contributed by atoms with Crippen LogP contribution in [-0.2, 0) is 9.53 Å². The van der Waals surface area contributed by atoms with Gasteiger partial charge in [0, 0.05) is 25.0 Å². The summed E-state index contributed by atoms with van der Waals surface area (Å²) in [6.45, 7) is 2.92. The predicted octanol–water partition coefficient (Wildman–Crippen LogP) is 1.54. The highest BCUT2D eigenvalue weighted by Gasteiger charge is 2.70. The first-order valence-electron chi connectivity index (χ1n) is 6.74. The molecule has 1 aliphatic heterocycles. The van der Waals surface area contributed by atoms with E-state index in [4.69, 9.17) is 10.5 Å². The third kappa shape index (κ3) is 2.11. The second kappa shape index (κ2) is 4.59. The number of carbonyl (C=O) groups is 1. The van der Waals surface area contributed by atoms with Gasteiger partial charge in [0.05, 0.1) is 6.10 Å². The second-order valence-electron chi connectivity index (χ2n) is 6.41. The normalized spacial score (nSPS) is 36.0. The topological polar surface area (TPSA) is 55.6 Å². The summed E-state index contributed by atoms with van der Waals surface area (Å²) in [6, 6.07) is 0. The van der Waals surface area contributed by atoms with Crippen molar-refractivity contribution in [3.05, 3.63) is 0 Å². The summed E-state index contributed by atoms with van der Waals surface area (Å²) in [5.41, 5.74) is 4.32. The molecule has 1 aliphatic carbocycles. The van der Waals surface area contributed by atoms with E-state index in [1.165, 1.54) is 0 Å². The standard InChI is InChI=1S/C13H21F3N2O2/c1-11(2)9-8(5-4-6-20-9)13(11,17)10(19)18(3)7-12(14,15)16/h8-9H,4-7,17H2,1-3H3. The van der Waals surface area contributed by atoms with Crippen molar-refractivity contribution in [2.24, 2.45) is 17.1 Å². The van der Waals surface area contributed by atoms with Crippen molar-refractivity contribution in [3.63, 3.8) is 0 Å². The molecular formula is C13H21F3N2O2. The molecule has 0 bridgehead atoms. The molecule has 1 saturated carbocycles. The smallest absolute Gasteiger partial charge is 0.377 e. The fourth-order valence-electron chi connectivity index (χ4n) is 3.67. The molecule has 7 heteroatoms. The minimum Gasteiger partial charge on any atom is -0.377 e. The van der Waals surface area contributed by atoms with E-state index < -0.39 is 29.6 Å². The molecule has 2 fully saturated rings. The van der Waals surface area contributed by atoms with E-state index in [-0.39, 0.29) is 12.0 Å². The third-order valence-corrected chi connectivity index (χ3v) is 4.80. The summed E-state index contributed by atoms with van der Waals surface area (Å²) in [5.74, 6) is -0.846. The number of amides is 1. The molecule has 0 radical (unpaired) electrons. The lowest BCUT2D eigenvalue weighted by atomic mass is 9.46. The molecule has 4 nitrogen and oxygen atoms in total. The highest BCUT2D eigenvalue weighted by atomic mass is 19.4. The van der Waals surface area contributed by atoms with Crippen LogP contribution in [0.2, 0.25) is 0 Å². The summed E-state index contributed by atoms with van der Waals surface area (Å²) in [4.78, 5) is 13.1. The molecule has 0 aromatic carbocycles. The predicted molar refractivity (Wildman–Crippen MR) is 66.9 cm³/mol. The fourth-order valence-corrected chi connectivity index (χ4v) is 3.67. The van der Waals surface area contributed by atoms with Crippen molar-refractivity contribution in [3.8, 4) is 0 Å². The number of hydrogen-bond acceptors (Lipinski definition) is 3. The van der Waals surface area contributed by atoms with Crippen molar-refractivity contribution in [2.75, 3.05) is 20.2 Å². The summed E-state index contributed by atoms with van der Waals surface area (Å²) < 4.78 is 43.0. The Hall–Kier alpha value is -0.820. The van der Waals surface area contributed by atoms with Crippen molar-refractivity contribution in [1.82, 2.24) is 4.90 Å². The maximum Gasteiger partial charge on any atom is 0.406 e. The molecule has 3 atom stereocenters. The van der Waals surface area contributed by atoms with Gasteiger partial charge in [-0.25, -0.2) is 0 Å². The van der Waals surface area contributed by atoms with Crippen LogP contribution >= 0.6 is 0 Å². The summed E-state index contributed by atoms with van der Waals surface area (Å²) in [5, 5.41) is 0. The van der Waals surface area contributed by atoms with E-state index in [9.17, 15) is 18.0 Å². The van der Waals surface area contributed by atoms with E-state index >= 15 is 0 Å². The summed E-state index contributed by atoms with van der Waals surface area (Å²) >= 11 is 0. The maximum atomic E-state index is 12.4. The van der Waals surface area contributed by atoms with Gasteiger partial charge in [-0.05, 0) is 12.8 Å². The number of rotatable bonds is 2. The van der Waals surface area contributed by atoms with Crippen molar-refractivity contribution >= 4 is 5.91 Å². The largest absolute Gasteiger partial charge is 0.406 e. The number of fused-ring (bicyclic) bond motifs is 1. The van der Waals surface area contributed by atoms with Gasteiger partial charge >= 0.3 is 6.18 Å². The van der Waals surface area contributed by atoms with Gasteiger partial charge in [0.15, 0.2) is 0 Å². The Labute approximate surface area is 116 Å². The Morgan fingerprint density at radius 1 is 1.45 bits per heavy atom. The van der Waals surface area contributed by atoms with Crippen molar-refractivity contribution < 1.29 is 22.7 Å². The Morgan fingerprint density at radius 3 is 2.60 bits per heavy atom. The monoisotopic (exact) mass is 294 g/mol. The minimum atomic E-state index is -4.42. The maximum absolute atomic E-state index is 12.4.